The van der Waals surface area contributed by atoms with Gasteiger partial charge >= 0.3 is 5.97 Å². The van der Waals surface area contributed by atoms with Gasteiger partial charge < -0.3 is 18.8 Å². The van der Waals surface area contributed by atoms with Crippen LogP contribution in [-0.2, 0) is 28.2 Å². The maximum absolute atomic E-state index is 13.6. The molecule has 0 aliphatic carbocycles. The average Bonchev–Trinajstić information content (AvgIpc) is 2.78. The molecule has 1 aliphatic rings. The normalized spacial score (nSPS) is 20.1. The third kappa shape index (κ3) is 14.5. The SMILES string of the molecule is CCCCP(=O)(CN1CCN(CC=O)CCN(CC=O)CCN(CC(=O)OC(C)(C)C)CC1)OCC. The zero-order valence-corrected chi connectivity index (χ0v) is 24.0. The van der Waals surface area contributed by atoms with Gasteiger partial charge in [-0.25, -0.2) is 0 Å². The van der Waals surface area contributed by atoms with Gasteiger partial charge in [-0.1, -0.05) is 13.3 Å². The third-order valence-electron chi connectivity index (χ3n) is 6.00. The smallest absolute Gasteiger partial charge is 0.320 e. The number of hydrogen-bond acceptors (Lipinski definition) is 10. The Morgan fingerprint density at radius 1 is 0.833 bits per heavy atom. The van der Waals surface area contributed by atoms with Crippen molar-refractivity contribution in [3.8, 4) is 0 Å². The largest absolute Gasteiger partial charge is 0.459 e. The van der Waals surface area contributed by atoms with Crippen LogP contribution < -0.4 is 0 Å². The molecule has 0 aromatic heterocycles. The van der Waals surface area contributed by atoms with Crippen LogP contribution in [0.3, 0.4) is 0 Å². The molecule has 1 rings (SSSR count). The Kier molecular flexibility index (Phi) is 15.9. The summed E-state index contributed by atoms with van der Waals surface area (Å²) < 4.78 is 24.9. The summed E-state index contributed by atoms with van der Waals surface area (Å²) in [5.41, 5.74) is -0.565. The first-order chi connectivity index (χ1) is 17.0. The van der Waals surface area contributed by atoms with Crippen LogP contribution in [0.15, 0.2) is 0 Å². The van der Waals surface area contributed by atoms with Crippen LogP contribution in [0.25, 0.3) is 0 Å². The number of carbonyl (C=O) groups excluding carboxylic acids is 3. The predicted octanol–water partition coefficient (Wildman–Crippen LogP) is 2.02. The minimum Gasteiger partial charge on any atom is -0.459 e. The van der Waals surface area contributed by atoms with Crippen LogP contribution in [0.1, 0.15) is 47.5 Å². The number of esters is 1. The highest BCUT2D eigenvalue weighted by Crippen LogP contribution is 2.48. The highest BCUT2D eigenvalue weighted by atomic mass is 31.2. The van der Waals surface area contributed by atoms with E-state index in [0.29, 0.717) is 84.5 Å². The fourth-order valence-electron chi connectivity index (χ4n) is 4.13. The van der Waals surface area contributed by atoms with Gasteiger partial charge in [-0.2, -0.15) is 0 Å². The van der Waals surface area contributed by atoms with Gasteiger partial charge in [-0.05, 0) is 34.1 Å². The van der Waals surface area contributed by atoms with E-state index in [2.05, 4.69) is 16.7 Å². The van der Waals surface area contributed by atoms with Crippen molar-refractivity contribution in [2.45, 2.75) is 53.1 Å². The number of ether oxygens (including phenoxy) is 1. The molecule has 0 N–H and O–H groups in total. The average molecular weight is 533 g/mol. The maximum atomic E-state index is 13.6. The Labute approximate surface area is 218 Å². The Balaban J connectivity index is 3.07. The molecular formula is C25H49N4O6P. The molecular weight excluding hydrogens is 483 g/mol. The molecule has 210 valence electrons. The highest BCUT2D eigenvalue weighted by molar-refractivity contribution is 7.58. The van der Waals surface area contributed by atoms with Gasteiger partial charge in [-0.15, -0.1) is 0 Å². The van der Waals surface area contributed by atoms with Crippen molar-refractivity contribution < 1.29 is 28.2 Å². The molecule has 0 radical (unpaired) electrons. The number of unbranched alkanes of at least 4 members (excludes halogenated alkanes) is 1. The Morgan fingerprint density at radius 3 is 1.72 bits per heavy atom. The number of rotatable bonds is 13. The third-order valence-corrected chi connectivity index (χ3v) is 8.56. The van der Waals surface area contributed by atoms with Crippen molar-refractivity contribution in [3.05, 3.63) is 0 Å². The van der Waals surface area contributed by atoms with E-state index in [0.717, 1.165) is 25.4 Å². The molecule has 10 nitrogen and oxygen atoms in total. The number of carbonyl (C=O) groups is 3. The number of aldehydes is 2. The summed E-state index contributed by atoms with van der Waals surface area (Å²) in [6.45, 7) is 15.6. The second-order valence-corrected chi connectivity index (χ2v) is 13.0. The van der Waals surface area contributed by atoms with E-state index >= 15 is 0 Å². The van der Waals surface area contributed by atoms with Crippen LogP contribution in [-0.4, -0.2) is 135 Å². The molecule has 1 aliphatic heterocycles. The number of hydrogen-bond donors (Lipinski definition) is 0. The topological polar surface area (TPSA) is 99.7 Å². The Bertz CT molecular complexity index is 703. The molecule has 0 aromatic carbocycles. The highest BCUT2D eigenvalue weighted by Gasteiger charge is 2.27. The van der Waals surface area contributed by atoms with Crippen molar-refractivity contribution in [1.29, 1.82) is 0 Å². The standard InChI is InChI=1S/C25H49N4O6P/c1-6-8-21-36(33,34-7-2)23-29-15-12-27(18-20-31)10-9-26(17-19-30)11-13-28(14-16-29)22-24(32)35-25(3,4)5/h19-20H,6-18,21-23H2,1-5H3. The van der Waals surface area contributed by atoms with Gasteiger partial charge in [0.05, 0.1) is 32.5 Å². The van der Waals surface area contributed by atoms with Gasteiger partial charge in [0, 0.05) is 58.5 Å². The minimum atomic E-state index is -2.83. The number of nitrogens with zero attached hydrogens (tertiary/aromatic N) is 4. The van der Waals surface area contributed by atoms with Crippen LogP contribution >= 0.6 is 7.37 Å². The zero-order valence-electron chi connectivity index (χ0n) is 23.2. The lowest BCUT2D eigenvalue weighted by Crippen LogP contribution is -2.48. The van der Waals surface area contributed by atoms with Crippen molar-refractivity contribution in [2.24, 2.45) is 0 Å². The lowest BCUT2D eigenvalue weighted by molar-refractivity contribution is -0.156. The van der Waals surface area contributed by atoms with Gasteiger partial charge in [0.1, 0.15) is 18.2 Å². The zero-order chi connectivity index (χ0) is 27.0. The van der Waals surface area contributed by atoms with Gasteiger partial charge in [-0.3, -0.25) is 29.0 Å². The van der Waals surface area contributed by atoms with Crippen molar-refractivity contribution >= 4 is 25.9 Å². The summed E-state index contributed by atoms with van der Waals surface area (Å²) in [5, 5.41) is 0. The van der Waals surface area contributed by atoms with E-state index < -0.39 is 13.0 Å². The van der Waals surface area contributed by atoms with Crippen LogP contribution in [0.5, 0.6) is 0 Å². The fraction of sp³-hybridized carbons (Fsp3) is 0.880. The summed E-state index contributed by atoms with van der Waals surface area (Å²) in [6.07, 6.45) is 4.49. The molecule has 1 fully saturated rings. The molecule has 0 amide bonds. The van der Waals surface area contributed by atoms with E-state index in [-0.39, 0.29) is 12.5 Å². The molecule has 0 bridgehead atoms. The molecule has 0 saturated carbocycles. The summed E-state index contributed by atoms with van der Waals surface area (Å²) >= 11 is 0. The monoisotopic (exact) mass is 532 g/mol. The summed E-state index contributed by atoms with van der Waals surface area (Å²) in [7, 11) is -2.83. The molecule has 1 unspecified atom stereocenters. The first kappa shape index (κ1) is 32.9. The molecule has 0 spiro atoms. The quantitative estimate of drug-likeness (QED) is 0.199. The summed E-state index contributed by atoms with van der Waals surface area (Å²) in [6, 6.07) is 0. The van der Waals surface area contributed by atoms with Gasteiger partial charge in [0.15, 0.2) is 0 Å². The van der Waals surface area contributed by atoms with Crippen molar-refractivity contribution in [2.75, 3.05) is 91.0 Å². The van der Waals surface area contributed by atoms with Crippen LogP contribution in [0.4, 0.5) is 0 Å². The van der Waals surface area contributed by atoms with Gasteiger partial charge in [0.2, 0.25) is 7.37 Å². The fourth-order valence-corrected chi connectivity index (χ4v) is 6.64. The lowest BCUT2D eigenvalue weighted by Gasteiger charge is -2.34. The minimum absolute atomic E-state index is 0.149. The Hall–Kier alpha value is -1.16. The second kappa shape index (κ2) is 17.4. The molecule has 0 aromatic rings. The molecule has 1 saturated heterocycles. The summed E-state index contributed by atoms with van der Waals surface area (Å²) in [4.78, 5) is 43.4. The molecule has 36 heavy (non-hydrogen) atoms. The van der Waals surface area contributed by atoms with Crippen molar-refractivity contribution in [1.82, 2.24) is 19.6 Å². The van der Waals surface area contributed by atoms with Crippen LogP contribution in [0, 0.1) is 0 Å². The first-order valence-corrected chi connectivity index (χ1v) is 15.2. The Morgan fingerprint density at radius 2 is 1.31 bits per heavy atom. The second-order valence-electron chi connectivity index (χ2n) is 10.4. The van der Waals surface area contributed by atoms with Gasteiger partial charge in [0.25, 0.3) is 0 Å². The van der Waals surface area contributed by atoms with Crippen LogP contribution in [0.2, 0.25) is 0 Å². The van der Waals surface area contributed by atoms with Crippen molar-refractivity contribution in [3.63, 3.8) is 0 Å². The molecule has 1 heterocycles. The molecule has 11 heteroatoms. The lowest BCUT2D eigenvalue weighted by atomic mass is 10.2. The van der Waals surface area contributed by atoms with E-state index in [1.54, 1.807) is 0 Å². The maximum Gasteiger partial charge on any atom is 0.320 e. The predicted molar refractivity (Wildman–Crippen MR) is 143 cm³/mol. The first-order valence-electron chi connectivity index (χ1n) is 13.2. The van der Waals surface area contributed by atoms with E-state index in [9.17, 15) is 18.9 Å². The summed E-state index contributed by atoms with van der Waals surface area (Å²) in [5.74, 6) is -0.289. The van der Waals surface area contributed by atoms with E-state index in [4.69, 9.17) is 9.26 Å². The van der Waals surface area contributed by atoms with E-state index in [1.807, 2.05) is 37.5 Å². The van der Waals surface area contributed by atoms with E-state index in [1.165, 1.54) is 0 Å². The molecule has 1 atom stereocenters.